The largest absolute Gasteiger partial charge is 0.431 e. The van der Waals surface area contributed by atoms with Crippen molar-refractivity contribution < 1.29 is 22.0 Å². The van der Waals surface area contributed by atoms with E-state index in [1.807, 2.05) is 0 Å². The number of aromatic amines is 1. The van der Waals surface area contributed by atoms with Crippen LogP contribution < -0.4 is 5.56 Å². The van der Waals surface area contributed by atoms with Gasteiger partial charge in [0.25, 0.3) is 6.43 Å². The maximum atomic E-state index is 12.5. The van der Waals surface area contributed by atoms with E-state index in [0.717, 1.165) is 0 Å². The Bertz CT molecular complexity index is 512. The Kier molecular flexibility index (Phi) is 3.50. The number of hydrogen-bond donors (Lipinski definition) is 1. The molecule has 0 atom stereocenters. The maximum Gasteiger partial charge on any atom is 0.431 e. The van der Waals surface area contributed by atoms with Crippen molar-refractivity contribution in [1.29, 1.82) is 5.26 Å². The van der Waals surface area contributed by atoms with Crippen molar-refractivity contribution >= 4 is 0 Å². The number of alkyl halides is 5. The van der Waals surface area contributed by atoms with Gasteiger partial charge in [0.1, 0.15) is 5.69 Å². The van der Waals surface area contributed by atoms with Gasteiger partial charge in [-0.2, -0.15) is 18.4 Å². The van der Waals surface area contributed by atoms with Crippen LogP contribution in [0.1, 0.15) is 23.2 Å². The van der Waals surface area contributed by atoms with E-state index in [4.69, 9.17) is 5.26 Å². The summed E-state index contributed by atoms with van der Waals surface area (Å²) in [5.74, 6) is 0. The Morgan fingerprint density at radius 3 is 2.41 bits per heavy atom. The third-order valence-corrected chi connectivity index (χ3v) is 1.96. The second-order valence-electron chi connectivity index (χ2n) is 3.08. The number of pyridine rings is 1. The van der Waals surface area contributed by atoms with Crippen molar-refractivity contribution in [2.45, 2.75) is 19.0 Å². The van der Waals surface area contributed by atoms with Gasteiger partial charge in [0.2, 0.25) is 5.56 Å². The zero-order chi connectivity index (χ0) is 13.2. The van der Waals surface area contributed by atoms with Gasteiger partial charge in [-0.25, -0.2) is 8.78 Å². The van der Waals surface area contributed by atoms with Crippen LogP contribution in [0.15, 0.2) is 10.9 Å². The van der Waals surface area contributed by atoms with Crippen LogP contribution in [0.25, 0.3) is 0 Å². The Morgan fingerprint density at radius 2 is 2.00 bits per heavy atom. The van der Waals surface area contributed by atoms with Crippen LogP contribution in [0.3, 0.4) is 0 Å². The molecule has 0 aliphatic heterocycles. The second kappa shape index (κ2) is 4.53. The van der Waals surface area contributed by atoms with E-state index in [2.05, 4.69) is 0 Å². The molecule has 0 aliphatic carbocycles. The minimum absolute atomic E-state index is 0.368. The van der Waals surface area contributed by atoms with Crippen LogP contribution >= 0.6 is 0 Å². The predicted molar refractivity (Wildman–Crippen MR) is 46.3 cm³/mol. The summed E-state index contributed by atoms with van der Waals surface area (Å²) in [4.78, 5) is 12.3. The Balaban J connectivity index is 3.59. The molecule has 17 heavy (non-hydrogen) atoms. The van der Waals surface area contributed by atoms with Gasteiger partial charge in [0, 0.05) is 17.2 Å². The van der Waals surface area contributed by atoms with E-state index in [1.54, 1.807) is 0 Å². The molecule has 0 unspecified atom stereocenters. The number of hydrogen-bond acceptors (Lipinski definition) is 2. The van der Waals surface area contributed by atoms with E-state index in [-0.39, 0.29) is 0 Å². The molecule has 1 N–H and O–H groups in total. The number of halogens is 5. The lowest BCUT2D eigenvalue weighted by molar-refractivity contribution is -0.142. The Labute approximate surface area is 91.5 Å². The molecule has 3 nitrogen and oxygen atoms in total. The van der Waals surface area contributed by atoms with E-state index in [1.165, 1.54) is 11.1 Å². The summed E-state index contributed by atoms with van der Waals surface area (Å²) >= 11 is 0. The Morgan fingerprint density at radius 1 is 1.41 bits per heavy atom. The zero-order valence-electron chi connectivity index (χ0n) is 8.11. The average Bonchev–Trinajstić information content (AvgIpc) is 2.18. The van der Waals surface area contributed by atoms with Gasteiger partial charge in [-0.1, -0.05) is 0 Å². The molecule has 8 heteroatoms. The van der Waals surface area contributed by atoms with Crippen LogP contribution in [0.5, 0.6) is 0 Å². The lowest BCUT2D eigenvalue weighted by Crippen LogP contribution is -2.21. The first-order valence-electron chi connectivity index (χ1n) is 4.25. The summed E-state index contributed by atoms with van der Waals surface area (Å²) in [6.45, 7) is 0. The summed E-state index contributed by atoms with van der Waals surface area (Å²) in [6.07, 6.45) is -9.09. The summed E-state index contributed by atoms with van der Waals surface area (Å²) in [5, 5.41) is 8.33. The molecule has 0 amide bonds. The fraction of sp³-hybridized carbons (Fsp3) is 0.333. The highest BCUT2D eigenvalue weighted by Gasteiger charge is 2.36. The van der Waals surface area contributed by atoms with Crippen molar-refractivity contribution in [3.8, 4) is 6.07 Å². The second-order valence-corrected chi connectivity index (χ2v) is 3.08. The first-order valence-corrected chi connectivity index (χ1v) is 4.25. The molecule has 1 aromatic heterocycles. The first kappa shape index (κ1) is 13.2. The van der Waals surface area contributed by atoms with Gasteiger partial charge in [-0.05, 0) is 0 Å². The average molecular weight is 252 g/mol. The number of nitrogens with one attached hydrogen (secondary N) is 1. The van der Waals surface area contributed by atoms with E-state index in [9.17, 15) is 26.7 Å². The standard InChI is InChI=1S/C9H5F5N2O/c10-8(11)5-3-6(17)16-7(9(12,13)14)4(5)1-2-15/h3,8H,1H2,(H,16,17). The molecule has 0 aromatic carbocycles. The molecule has 0 bridgehead atoms. The summed E-state index contributed by atoms with van der Waals surface area (Å²) < 4.78 is 62.4. The van der Waals surface area contributed by atoms with Gasteiger partial charge in [-0.15, -0.1) is 0 Å². The molecule has 1 aromatic rings. The number of H-pyrrole nitrogens is 1. The first-order chi connectivity index (χ1) is 7.77. The molecule has 0 saturated heterocycles. The molecule has 0 radical (unpaired) electrons. The SMILES string of the molecule is N#CCc1c(C(F)F)cc(=O)[nH]c1C(F)(F)F. The van der Waals surface area contributed by atoms with Crippen LogP contribution in [-0.2, 0) is 12.6 Å². The van der Waals surface area contributed by atoms with Crippen LogP contribution in [-0.4, -0.2) is 4.98 Å². The van der Waals surface area contributed by atoms with Gasteiger partial charge in [0.05, 0.1) is 12.5 Å². The molecular weight excluding hydrogens is 247 g/mol. The van der Waals surface area contributed by atoms with Gasteiger partial charge < -0.3 is 4.98 Å². The zero-order valence-corrected chi connectivity index (χ0v) is 8.11. The topological polar surface area (TPSA) is 56.6 Å². The van der Waals surface area contributed by atoms with Crippen molar-refractivity contribution in [1.82, 2.24) is 4.98 Å². The van der Waals surface area contributed by atoms with Gasteiger partial charge in [-0.3, -0.25) is 4.79 Å². The van der Waals surface area contributed by atoms with Crippen molar-refractivity contribution in [3.05, 3.63) is 33.2 Å². The Hall–Kier alpha value is -1.91. The number of nitrogens with zero attached hydrogens (tertiary/aromatic N) is 1. The van der Waals surface area contributed by atoms with Crippen molar-refractivity contribution in [3.63, 3.8) is 0 Å². The smallest absolute Gasteiger partial charge is 0.318 e. The number of nitriles is 1. The molecule has 0 spiro atoms. The van der Waals surface area contributed by atoms with Crippen LogP contribution in [0.2, 0.25) is 0 Å². The highest BCUT2D eigenvalue weighted by atomic mass is 19.4. The monoisotopic (exact) mass is 252 g/mol. The summed E-state index contributed by atoms with van der Waals surface area (Å²) in [7, 11) is 0. The quantitative estimate of drug-likeness (QED) is 0.821. The normalized spacial score (nSPS) is 11.6. The lowest BCUT2D eigenvalue weighted by Gasteiger charge is -2.13. The third-order valence-electron chi connectivity index (χ3n) is 1.96. The molecular formula is C9H5F5N2O. The molecule has 1 heterocycles. The minimum atomic E-state index is -4.99. The van der Waals surface area contributed by atoms with Crippen LogP contribution in [0.4, 0.5) is 22.0 Å². The predicted octanol–water partition coefficient (Wildman–Crippen LogP) is 2.40. The molecule has 1 rings (SSSR count). The van der Waals surface area contributed by atoms with Gasteiger partial charge in [0.15, 0.2) is 0 Å². The highest BCUT2D eigenvalue weighted by molar-refractivity contribution is 5.34. The van der Waals surface area contributed by atoms with E-state index < -0.39 is 41.4 Å². The molecule has 0 aliphatic rings. The van der Waals surface area contributed by atoms with E-state index in [0.29, 0.717) is 6.07 Å². The fourth-order valence-electron chi connectivity index (χ4n) is 1.31. The maximum absolute atomic E-state index is 12.5. The summed E-state index contributed by atoms with van der Waals surface area (Å²) in [6, 6.07) is 1.72. The van der Waals surface area contributed by atoms with Gasteiger partial charge >= 0.3 is 6.18 Å². The minimum Gasteiger partial charge on any atom is -0.318 e. The number of rotatable bonds is 2. The third kappa shape index (κ3) is 2.81. The fourth-order valence-corrected chi connectivity index (χ4v) is 1.31. The van der Waals surface area contributed by atoms with Crippen molar-refractivity contribution in [2.24, 2.45) is 0 Å². The number of aromatic nitrogens is 1. The lowest BCUT2D eigenvalue weighted by atomic mass is 10.0. The van der Waals surface area contributed by atoms with E-state index >= 15 is 0 Å². The van der Waals surface area contributed by atoms with Crippen LogP contribution in [0, 0.1) is 11.3 Å². The molecule has 0 saturated carbocycles. The highest BCUT2D eigenvalue weighted by Crippen LogP contribution is 2.33. The van der Waals surface area contributed by atoms with Crippen molar-refractivity contribution in [2.75, 3.05) is 0 Å². The molecule has 92 valence electrons. The molecule has 0 fully saturated rings. The summed E-state index contributed by atoms with van der Waals surface area (Å²) in [5.41, 5.74) is -4.84.